The average molecular weight is 372 g/mol. The van der Waals surface area contributed by atoms with Crippen molar-refractivity contribution < 1.29 is 14.3 Å². The molecule has 1 atom stereocenters. The summed E-state index contributed by atoms with van der Waals surface area (Å²) >= 11 is 0. The highest BCUT2D eigenvalue weighted by molar-refractivity contribution is 5.87. The summed E-state index contributed by atoms with van der Waals surface area (Å²) in [7, 11) is 1.38. The number of H-pyrrole nitrogens is 1. The molecule has 1 aliphatic carbocycles. The van der Waals surface area contributed by atoms with E-state index in [1.807, 2.05) is 0 Å². The van der Waals surface area contributed by atoms with Crippen LogP contribution >= 0.6 is 0 Å². The van der Waals surface area contributed by atoms with Crippen LogP contribution in [0.2, 0.25) is 0 Å². The molecule has 9 heteroatoms. The maximum Gasteiger partial charge on any atom is 0.328 e. The lowest BCUT2D eigenvalue weighted by Crippen LogP contribution is -2.45. The number of amides is 1. The highest BCUT2D eigenvalue weighted by atomic mass is 16.5. The van der Waals surface area contributed by atoms with E-state index in [1.165, 1.54) is 13.4 Å². The molecule has 2 N–H and O–H groups in total. The minimum absolute atomic E-state index is 0.0207. The molecule has 9 nitrogen and oxygen atoms in total. The first kappa shape index (κ1) is 17.7. The minimum Gasteiger partial charge on any atom is -0.467 e. The molecule has 27 heavy (non-hydrogen) atoms. The summed E-state index contributed by atoms with van der Waals surface area (Å²) in [5, 5.41) is 11.2. The van der Waals surface area contributed by atoms with E-state index < -0.39 is 6.04 Å². The number of nitrogens with zero attached hydrogens (tertiary/aromatic N) is 4. The van der Waals surface area contributed by atoms with E-state index in [0.29, 0.717) is 18.6 Å². The molecule has 2 aromatic rings. The first-order valence-electron chi connectivity index (χ1n) is 9.46. The quantitative estimate of drug-likeness (QED) is 0.782. The van der Waals surface area contributed by atoms with Gasteiger partial charge in [0.2, 0.25) is 5.91 Å². The molecular weight excluding hydrogens is 348 g/mol. The van der Waals surface area contributed by atoms with Crippen molar-refractivity contribution in [1.82, 2.24) is 25.1 Å². The number of hydrogen-bond acceptors (Lipinski definition) is 7. The van der Waals surface area contributed by atoms with Crippen LogP contribution in [0.3, 0.4) is 0 Å². The van der Waals surface area contributed by atoms with Crippen molar-refractivity contribution in [2.75, 3.05) is 19.0 Å². The Hall–Kier alpha value is -2.71. The number of anilines is 1. The van der Waals surface area contributed by atoms with Gasteiger partial charge in [0.1, 0.15) is 18.2 Å². The number of esters is 1. The van der Waals surface area contributed by atoms with Gasteiger partial charge in [-0.1, -0.05) is 0 Å². The number of hydrogen-bond donors (Lipinski definition) is 2. The number of carbonyl (C=O) groups excluding carboxylic acids is 2. The number of carbonyl (C=O) groups is 2. The zero-order valence-corrected chi connectivity index (χ0v) is 15.4. The Balaban J connectivity index is 1.35. The van der Waals surface area contributed by atoms with Crippen LogP contribution in [0.5, 0.6) is 0 Å². The fraction of sp³-hybridized carbons (Fsp3) is 0.611. The van der Waals surface area contributed by atoms with E-state index in [2.05, 4.69) is 25.5 Å². The maximum atomic E-state index is 12.9. The molecule has 4 rings (SSSR count). The number of aromatic nitrogens is 4. The lowest BCUT2D eigenvalue weighted by atomic mass is 9.85. The van der Waals surface area contributed by atoms with Gasteiger partial charge in [0.05, 0.1) is 18.7 Å². The molecule has 1 saturated carbocycles. The van der Waals surface area contributed by atoms with Gasteiger partial charge in [-0.25, -0.2) is 14.8 Å². The second-order valence-electron chi connectivity index (χ2n) is 7.26. The van der Waals surface area contributed by atoms with Gasteiger partial charge in [-0.3, -0.25) is 9.89 Å². The largest absolute Gasteiger partial charge is 0.467 e. The van der Waals surface area contributed by atoms with E-state index >= 15 is 0 Å². The number of rotatable bonds is 4. The van der Waals surface area contributed by atoms with Crippen molar-refractivity contribution in [2.45, 2.75) is 50.6 Å². The van der Waals surface area contributed by atoms with Crippen LogP contribution < -0.4 is 5.32 Å². The lowest BCUT2D eigenvalue weighted by molar-refractivity contribution is -0.152. The highest BCUT2D eigenvalue weighted by Gasteiger charge is 2.38. The van der Waals surface area contributed by atoms with Crippen molar-refractivity contribution in [3.8, 4) is 0 Å². The Morgan fingerprint density at radius 1 is 1.22 bits per heavy atom. The molecule has 0 spiro atoms. The molecule has 0 aromatic carbocycles. The second-order valence-corrected chi connectivity index (χ2v) is 7.26. The molecule has 2 aliphatic rings. The van der Waals surface area contributed by atoms with E-state index in [0.717, 1.165) is 43.3 Å². The van der Waals surface area contributed by atoms with Gasteiger partial charge in [-0.2, -0.15) is 5.10 Å². The number of likely N-dealkylation sites (tertiary alicyclic amines) is 1. The van der Waals surface area contributed by atoms with Crippen molar-refractivity contribution in [2.24, 2.45) is 5.92 Å². The third-order valence-electron chi connectivity index (χ3n) is 5.67. The summed E-state index contributed by atoms with van der Waals surface area (Å²) in [4.78, 5) is 35.0. The molecule has 3 heterocycles. The first-order valence-corrected chi connectivity index (χ1v) is 9.46. The number of fused-ring (bicyclic) bond motifs is 1. The molecule has 2 fully saturated rings. The van der Waals surface area contributed by atoms with Gasteiger partial charge in [0, 0.05) is 18.5 Å². The third-order valence-corrected chi connectivity index (χ3v) is 5.67. The summed E-state index contributed by atoms with van der Waals surface area (Å²) in [6.45, 7) is 0.649. The van der Waals surface area contributed by atoms with Crippen molar-refractivity contribution in [1.29, 1.82) is 0 Å². The van der Waals surface area contributed by atoms with E-state index in [9.17, 15) is 9.59 Å². The van der Waals surface area contributed by atoms with E-state index in [-0.39, 0.29) is 23.8 Å². The number of ether oxygens (including phenoxy) is 1. The summed E-state index contributed by atoms with van der Waals surface area (Å²) < 4.78 is 4.85. The Labute approximate surface area is 156 Å². The number of methoxy groups -OCH3 is 1. The normalized spacial score (nSPS) is 25.5. The fourth-order valence-corrected chi connectivity index (χ4v) is 4.20. The summed E-state index contributed by atoms with van der Waals surface area (Å²) in [6, 6.07) is -0.147. The van der Waals surface area contributed by atoms with E-state index in [4.69, 9.17) is 4.74 Å². The molecule has 144 valence electrons. The van der Waals surface area contributed by atoms with Crippen LogP contribution in [0.1, 0.15) is 38.5 Å². The topological polar surface area (TPSA) is 113 Å². The predicted octanol–water partition coefficient (Wildman–Crippen LogP) is 1.49. The molecule has 1 amide bonds. The van der Waals surface area contributed by atoms with Gasteiger partial charge in [-0.15, -0.1) is 0 Å². The summed E-state index contributed by atoms with van der Waals surface area (Å²) in [5.74, 6) is 0.547. The van der Waals surface area contributed by atoms with Gasteiger partial charge in [0.25, 0.3) is 0 Å². The third kappa shape index (κ3) is 3.45. The second kappa shape index (κ2) is 7.50. The summed E-state index contributed by atoms with van der Waals surface area (Å²) in [5.41, 5.74) is 0.708. The molecule has 1 saturated heterocycles. The smallest absolute Gasteiger partial charge is 0.328 e. The van der Waals surface area contributed by atoms with Crippen molar-refractivity contribution in [3.63, 3.8) is 0 Å². The Bertz CT molecular complexity index is 829. The standard InChI is InChI=1S/C18H24N6O3/c1-27-18(26)14-3-2-8-24(14)17(25)11-4-6-12(7-5-11)22-15-13-9-21-23-16(13)20-10-19-15/h9-12,14H,2-8H2,1H3,(H2,19,20,21,22,23)/t11?,12?,14-/m1/s1. The molecular formula is C18H24N6O3. The van der Waals surface area contributed by atoms with Crippen LogP contribution in [-0.4, -0.2) is 62.7 Å². The minimum atomic E-state index is -0.409. The van der Waals surface area contributed by atoms with E-state index in [1.54, 1.807) is 11.1 Å². The van der Waals surface area contributed by atoms with Crippen LogP contribution in [-0.2, 0) is 14.3 Å². The SMILES string of the molecule is COC(=O)[C@H]1CCCN1C(=O)C1CCC(Nc2ncnc3[nH]ncc23)CC1. The van der Waals surface area contributed by atoms with Gasteiger partial charge >= 0.3 is 5.97 Å². The van der Waals surface area contributed by atoms with Crippen molar-refractivity contribution >= 4 is 28.7 Å². The predicted molar refractivity (Wildman–Crippen MR) is 97.8 cm³/mol. The average Bonchev–Trinajstić information content (AvgIpc) is 3.37. The Morgan fingerprint density at radius 2 is 2.04 bits per heavy atom. The van der Waals surface area contributed by atoms with Crippen molar-refractivity contribution in [3.05, 3.63) is 12.5 Å². The lowest BCUT2D eigenvalue weighted by Gasteiger charge is -2.32. The Kier molecular flexibility index (Phi) is 4.91. The van der Waals surface area contributed by atoms with Crippen LogP contribution in [0, 0.1) is 5.92 Å². The first-order chi connectivity index (χ1) is 13.2. The zero-order chi connectivity index (χ0) is 18.8. The highest BCUT2D eigenvalue weighted by Crippen LogP contribution is 2.31. The fourth-order valence-electron chi connectivity index (χ4n) is 4.20. The maximum absolute atomic E-state index is 12.9. The molecule has 1 aliphatic heterocycles. The monoisotopic (exact) mass is 372 g/mol. The Morgan fingerprint density at radius 3 is 2.81 bits per heavy atom. The van der Waals surface area contributed by atoms with Gasteiger partial charge < -0.3 is 15.0 Å². The summed E-state index contributed by atoms with van der Waals surface area (Å²) in [6.07, 6.45) is 8.17. The molecule has 0 radical (unpaired) electrons. The molecule has 0 unspecified atom stereocenters. The number of aromatic amines is 1. The number of nitrogens with one attached hydrogen (secondary N) is 2. The van der Waals surface area contributed by atoms with Gasteiger partial charge in [-0.05, 0) is 38.5 Å². The van der Waals surface area contributed by atoms with Crippen LogP contribution in [0.25, 0.3) is 11.0 Å². The van der Waals surface area contributed by atoms with Gasteiger partial charge in [0.15, 0.2) is 5.65 Å². The molecule has 2 aromatic heterocycles. The zero-order valence-electron chi connectivity index (χ0n) is 15.4. The molecule has 0 bridgehead atoms. The van der Waals surface area contributed by atoms with Crippen LogP contribution in [0.15, 0.2) is 12.5 Å². The van der Waals surface area contributed by atoms with Crippen LogP contribution in [0.4, 0.5) is 5.82 Å².